The quantitative estimate of drug-likeness (QED) is 0.921. The first-order valence-electron chi connectivity index (χ1n) is 5.80. The Labute approximate surface area is 108 Å². The first-order valence-corrected chi connectivity index (χ1v) is 5.80. The van der Waals surface area contributed by atoms with Gasteiger partial charge in [-0.2, -0.15) is 0 Å². The topological polar surface area (TPSA) is 30.5 Å². The minimum Gasteiger partial charge on any atom is -0.454 e. The number of halogens is 2. The van der Waals surface area contributed by atoms with Gasteiger partial charge in [-0.25, -0.2) is 8.78 Å². The van der Waals surface area contributed by atoms with Crippen molar-refractivity contribution in [1.82, 2.24) is 0 Å². The molecule has 0 radical (unpaired) electrons. The Kier molecular flexibility index (Phi) is 2.95. The van der Waals surface area contributed by atoms with Crippen molar-refractivity contribution in [3.63, 3.8) is 0 Å². The van der Waals surface area contributed by atoms with Crippen LogP contribution >= 0.6 is 0 Å². The molecule has 0 bridgehead atoms. The molecule has 1 N–H and O–H groups in total. The molecule has 0 spiro atoms. The number of hydrogen-bond donors (Lipinski definition) is 1. The van der Waals surface area contributed by atoms with Crippen LogP contribution < -0.4 is 14.8 Å². The second kappa shape index (κ2) is 4.76. The molecule has 1 heterocycles. The van der Waals surface area contributed by atoms with Crippen LogP contribution in [0.2, 0.25) is 0 Å². The summed E-state index contributed by atoms with van der Waals surface area (Å²) in [5.41, 5.74) is 1.49. The Hall–Kier alpha value is -2.30. The number of anilines is 1. The third-order valence-electron chi connectivity index (χ3n) is 2.85. The molecule has 1 aliphatic rings. The van der Waals surface area contributed by atoms with Crippen LogP contribution in [0.1, 0.15) is 5.56 Å². The number of fused-ring (bicyclic) bond motifs is 1. The van der Waals surface area contributed by atoms with E-state index in [-0.39, 0.29) is 6.79 Å². The minimum absolute atomic E-state index is 0.224. The Balaban J connectivity index is 1.70. The number of ether oxygens (including phenoxy) is 2. The van der Waals surface area contributed by atoms with Crippen molar-refractivity contribution in [3.8, 4) is 11.5 Å². The molecule has 0 aliphatic carbocycles. The molecule has 0 aromatic heterocycles. The zero-order chi connectivity index (χ0) is 13.2. The summed E-state index contributed by atoms with van der Waals surface area (Å²) >= 11 is 0. The van der Waals surface area contributed by atoms with Gasteiger partial charge in [-0.15, -0.1) is 0 Å². The second-order valence-corrected chi connectivity index (χ2v) is 4.17. The zero-order valence-electron chi connectivity index (χ0n) is 9.95. The van der Waals surface area contributed by atoms with Crippen LogP contribution in [0.3, 0.4) is 0 Å². The number of hydrogen-bond acceptors (Lipinski definition) is 3. The highest BCUT2D eigenvalue weighted by Gasteiger charge is 2.13. The predicted molar refractivity (Wildman–Crippen MR) is 66.2 cm³/mol. The van der Waals surface area contributed by atoms with E-state index >= 15 is 0 Å². The summed E-state index contributed by atoms with van der Waals surface area (Å²) in [5, 5.41) is 3.11. The van der Waals surface area contributed by atoms with Gasteiger partial charge in [-0.05, 0) is 29.8 Å². The van der Waals surface area contributed by atoms with Crippen LogP contribution in [-0.2, 0) is 6.54 Å². The van der Waals surface area contributed by atoms with Gasteiger partial charge in [0.05, 0.1) is 0 Å². The van der Waals surface area contributed by atoms with Gasteiger partial charge in [0.2, 0.25) is 6.79 Å². The normalized spacial score (nSPS) is 12.5. The van der Waals surface area contributed by atoms with E-state index in [9.17, 15) is 8.78 Å². The fraction of sp³-hybridized carbons (Fsp3) is 0.143. The molecule has 3 rings (SSSR count). The summed E-state index contributed by atoms with van der Waals surface area (Å²) in [7, 11) is 0. The van der Waals surface area contributed by atoms with E-state index in [4.69, 9.17) is 9.47 Å². The van der Waals surface area contributed by atoms with Gasteiger partial charge in [-0.1, -0.05) is 6.07 Å². The lowest BCUT2D eigenvalue weighted by Crippen LogP contribution is -2.00. The van der Waals surface area contributed by atoms with E-state index < -0.39 is 11.6 Å². The maximum atomic E-state index is 13.0. The first-order chi connectivity index (χ1) is 9.22. The van der Waals surface area contributed by atoms with E-state index in [0.717, 1.165) is 11.8 Å². The highest BCUT2D eigenvalue weighted by molar-refractivity contribution is 5.55. The molecule has 98 valence electrons. The molecule has 0 amide bonds. The molecule has 1 aliphatic heterocycles. The van der Waals surface area contributed by atoms with E-state index in [1.54, 1.807) is 12.1 Å². The minimum atomic E-state index is -0.843. The van der Waals surface area contributed by atoms with Crippen molar-refractivity contribution in [2.45, 2.75) is 6.54 Å². The third kappa shape index (κ3) is 2.45. The van der Waals surface area contributed by atoms with Crippen molar-refractivity contribution < 1.29 is 18.3 Å². The lowest BCUT2D eigenvalue weighted by atomic mass is 10.2. The standard InChI is InChI=1S/C14H11F2NO2/c15-11-3-1-9(5-12(11)16)7-17-10-2-4-13-14(6-10)19-8-18-13/h1-6,17H,7-8H2. The van der Waals surface area contributed by atoms with Gasteiger partial charge >= 0.3 is 0 Å². The van der Waals surface area contributed by atoms with Crippen molar-refractivity contribution in [2.75, 3.05) is 12.1 Å². The fourth-order valence-corrected chi connectivity index (χ4v) is 1.86. The van der Waals surface area contributed by atoms with Crippen LogP contribution in [0.25, 0.3) is 0 Å². The first kappa shape index (κ1) is 11.8. The van der Waals surface area contributed by atoms with Gasteiger partial charge in [-0.3, -0.25) is 0 Å². The number of nitrogens with one attached hydrogen (secondary N) is 1. The average Bonchev–Trinajstić information content (AvgIpc) is 2.87. The molecule has 2 aromatic carbocycles. The lowest BCUT2D eigenvalue weighted by molar-refractivity contribution is 0.174. The SMILES string of the molecule is Fc1ccc(CNc2ccc3c(c2)OCO3)cc1F. The molecule has 19 heavy (non-hydrogen) atoms. The molecular weight excluding hydrogens is 252 g/mol. The Morgan fingerprint density at radius 1 is 0.947 bits per heavy atom. The second-order valence-electron chi connectivity index (χ2n) is 4.17. The molecule has 2 aromatic rings. The van der Waals surface area contributed by atoms with Gasteiger partial charge in [0.1, 0.15) is 0 Å². The largest absolute Gasteiger partial charge is 0.454 e. The van der Waals surface area contributed by atoms with E-state index in [1.807, 2.05) is 12.1 Å². The summed E-state index contributed by atoms with van der Waals surface area (Å²) in [6.45, 7) is 0.624. The smallest absolute Gasteiger partial charge is 0.231 e. The summed E-state index contributed by atoms with van der Waals surface area (Å²) in [6.07, 6.45) is 0. The van der Waals surface area contributed by atoms with Gasteiger partial charge in [0.15, 0.2) is 23.1 Å². The summed E-state index contributed by atoms with van der Waals surface area (Å²) < 4.78 is 36.3. The van der Waals surface area contributed by atoms with Crippen LogP contribution in [0.15, 0.2) is 36.4 Å². The van der Waals surface area contributed by atoms with Crippen molar-refractivity contribution in [3.05, 3.63) is 53.6 Å². The number of benzene rings is 2. The molecule has 0 saturated heterocycles. The summed E-state index contributed by atoms with van der Waals surface area (Å²) in [4.78, 5) is 0. The number of rotatable bonds is 3. The van der Waals surface area contributed by atoms with Gasteiger partial charge in [0, 0.05) is 18.3 Å². The highest BCUT2D eigenvalue weighted by atomic mass is 19.2. The van der Waals surface area contributed by atoms with E-state index in [2.05, 4.69) is 5.32 Å². The van der Waals surface area contributed by atoms with E-state index in [0.29, 0.717) is 23.6 Å². The molecule has 5 heteroatoms. The maximum Gasteiger partial charge on any atom is 0.231 e. The molecule has 0 saturated carbocycles. The Morgan fingerprint density at radius 3 is 2.63 bits per heavy atom. The van der Waals surface area contributed by atoms with Crippen molar-refractivity contribution in [1.29, 1.82) is 0 Å². The lowest BCUT2D eigenvalue weighted by Gasteiger charge is -2.07. The van der Waals surface area contributed by atoms with E-state index in [1.165, 1.54) is 6.07 Å². The fourth-order valence-electron chi connectivity index (χ4n) is 1.86. The predicted octanol–water partition coefficient (Wildman–Crippen LogP) is 3.31. The molecule has 3 nitrogen and oxygen atoms in total. The molecular formula is C14H11F2NO2. The zero-order valence-corrected chi connectivity index (χ0v) is 9.95. The van der Waals surface area contributed by atoms with Crippen molar-refractivity contribution >= 4 is 5.69 Å². The molecule has 0 fully saturated rings. The van der Waals surface area contributed by atoms with Crippen LogP contribution in [0, 0.1) is 11.6 Å². The molecule has 0 atom stereocenters. The Bertz CT molecular complexity index is 616. The van der Waals surface area contributed by atoms with Gasteiger partial charge in [0.25, 0.3) is 0 Å². The van der Waals surface area contributed by atoms with Gasteiger partial charge < -0.3 is 14.8 Å². The maximum absolute atomic E-state index is 13.0. The Morgan fingerprint density at radius 2 is 1.79 bits per heavy atom. The summed E-state index contributed by atoms with van der Waals surface area (Å²) in [5.74, 6) is -0.300. The molecule has 0 unspecified atom stereocenters. The monoisotopic (exact) mass is 263 g/mol. The summed E-state index contributed by atoms with van der Waals surface area (Å²) in [6, 6.07) is 9.28. The third-order valence-corrected chi connectivity index (χ3v) is 2.85. The highest BCUT2D eigenvalue weighted by Crippen LogP contribution is 2.34. The van der Waals surface area contributed by atoms with Crippen molar-refractivity contribution in [2.24, 2.45) is 0 Å². The van der Waals surface area contributed by atoms with Crippen LogP contribution in [0.4, 0.5) is 14.5 Å². The average molecular weight is 263 g/mol. The van der Waals surface area contributed by atoms with Crippen LogP contribution in [0.5, 0.6) is 11.5 Å². The van der Waals surface area contributed by atoms with Crippen LogP contribution in [-0.4, -0.2) is 6.79 Å².